The number of hydrogen-bond acceptors (Lipinski definition) is 4. The van der Waals surface area contributed by atoms with Gasteiger partial charge in [-0.05, 0) is 18.2 Å². The quantitative estimate of drug-likeness (QED) is 0.824. The molecule has 26 heavy (non-hydrogen) atoms. The maximum atomic E-state index is 13.8. The molecule has 0 saturated heterocycles. The first kappa shape index (κ1) is 19.2. The summed E-state index contributed by atoms with van der Waals surface area (Å²) < 4.78 is 24.1. The van der Waals surface area contributed by atoms with Crippen LogP contribution in [0.25, 0.3) is 0 Å². The predicted molar refractivity (Wildman–Crippen MR) is 95.7 cm³/mol. The van der Waals surface area contributed by atoms with Crippen molar-refractivity contribution >= 4 is 17.5 Å². The molecule has 2 aromatic rings. The van der Waals surface area contributed by atoms with E-state index < -0.39 is 11.7 Å². The Bertz CT molecular complexity index is 795. The van der Waals surface area contributed by atoms with Crippen molar-refractivity contribution in [3.63, 3.8) is 0 Å². The summed E-state index contributed by atoms with van der Waals surface area (Å²) in [5.74, 6) is -0.146. The second-order valence-corrected chi connectivity index (χ2v) is 5.58. The lowest BCUT2D eigenvalue weighted by atomic mass is 10.2. The van der Waals surface area contributed by atoms with Gasteiger partial charge in [0, 0.05) is 25.1 Å². The number of hydrogen-bond donors (Lipinski definition) is 1. The van der Waals surface area contributed by atoms with Crippen LogP contribution < -0.4 is 14.8 Å². The van der Waals surface area contributed by atoms with Crippen molar-refractivity contribution in [3.8, 4) is 11.5 Å². The molecule has 0 fully saturated rings. The molecule has 0 aliphatic carbocycles. The number of methoxy groups -OCH3 is 2. The first-order valence-electron chi connectivity index (χ1n) is 7.95. The van der Waals surface area contributed by atoms with E-state index in [2.05, 4.69) is 5.32 Å². The van der Waals surface area contributed by atoms with E-state index in [1.807, 2.05) is 0 Å². The van der Waals surface area contributed by atoms with Crippen LogP contribution >= 0.6 is 0 Å². The molecule has 0 saturated carbocycles. The molecule has 0 atom stereocenters. The van der Waals surface area contributed by atoms with Crippen molar-refractivity contribution in [1.82, 2.24) is 4.90 Å². The van der Waals surface area contributed by atoms with Crippen molar-refractivity contribution in [3.05, 3.63) is 53.8 Å². The van der Waals surface area contributed by atoms with E-state index >= 15 is 0 Å². The average Bonchev–Trinajstić information content (AvgIpc) is 2.63. The van der Waals surface area contributed by atoms with Gasteiger partial charge in [-0.3, -0.25) is 9.59 Å². The van der Waals surface area contributed by atoms with Crippen molar-refractivity contribution < 1.29 is 23.5 Å². The Morgan fingerprint density at radius 1 is 1.12 bits per heavy atom. The molecular formula is C19H21FN2O4. The van der Waals surface area contributed by atoms with Crippen LogP contribution in [0.2, 0.25) is 0 Å². The van der Waals surface area contributed by atoms with Crippen LogP contribution in [0.4, 0.5) is 10.1 Å². The van der Waals surface area contributed by atoms with Crippen molar-refractivity contribution in [2.24, 2.45) is 0 Å². The Kier molecular flexibility index (Phi) is 6.54. The number of carbonyl (C=O) groups excluding carboxylic acids is 2. The highest BCUT2D eigenvalue weighted by molar-refractivity contribution is 5.95. The number of rotatable bonds is 7. The van der Waals surface area contributed by atoms with E-state index in [0.29, 0.717) is 22.7 Å². The molecule has 138 valence electrons. The highest BCUT2D eigenvalue weighted by Crippen LogP contribution is 2.29. The molecule has 2 rings (SSSR count). The Hall–Kier alpha value is -3.09. The number of ether oxygens (including phenoxy) is 2. The second-order valence-electron chi connectivity index (χ2n) is 5.58. The van der Waals surface area contributed by atoms with Crippen LogP contribution in [0.3, 0.4) is 0 Å². The van der Waals surface area contributed by atoms with E-state index in [9.17, 15) is 14.0 Å². The molecule has 6 nitrogen and oxygen atoms in total. The first-order chi connectivity index (χ1) is 12.4. The van der Waals surface area contributed by atoms with Gasteiger partial charge in [0.1, 0.15) is 23.9 Å². The molecule has 0 radical (unpaired) electrons. The third-order valence-electron chi connectivity index (χ3n) is 3.78. The van der Waals surface area contributed by atoms with Crippen LogP contribution in [-0.4, -0.2) is 37.5 Å². The lowest BCUT2D eigenvalue weighted by Crippen LogP contribution is -2.36. The highest BCUT2D eigenvalue weighted by Gasteiger charge is 2.17. The normalized spacial score (nSPS) is 10.2. The third kappa shape index (κ3) is 4.95. The van der Waals surface area contributed by atoms with Crippen LogP contribution in [-0.2, 0) is 16.1 Å². The molecule has 0 aromatic heterocycles. The number of carbonyl (C=O) groups is 2. The lowest BCUT2D eigenvalue weighted by Gasteiger charge is -2.21. The third-order valence-corrected chi connectivity index (χ3v) is 3.78. The summed E-state index contributed by atoms with van der Waals surface area (Å²) in [5, 5.41) is 2.69. The molecule has 0 spiro atoms. The van der Waals surface area contributed by atoms with E-state index in [1.54, 1.807) is 36.4 Å². The minimum atomic E-state index is -0.420. The Balaban J connectivity index is 2.09. The topological polar surface area (TPSA) is 67.9 Å². The molecule has 0 bridgehead atoms. The van der Waals surface area contributed by atoms with E-state index in [4.69, 9.17) is 9.47 Å². The zero-order valence-electron chi connectivity index (χ0n) is 14.9. The first-order valence-corrected chi connectivity index (χ1v) is 7.95. The maximum Gasteiger partial charge on any atom is 0.244 e. The van der Waals surface area contributed by atoms with Crippen molar-refractivity contribution in [1.29, 1.82) is 0 Å². The number of nitrogens with zero attached hydrogens (tertiary/aromatic N) is 1. The Morgan fingerprint density at radius 2 is 1.85 bits per heavy atom. The molecule has 0 aliphatic heterocycles. The largest absolute Gasteiger partial charge is 0.497 e. The average molecular weight is 360 g/mol. The fourth-order valence-electron chi connectivity index (χ4n) is 2.38. The summed E-state index contributed by atoms with van der Waals surface area (Å²) in [4.78, 5) is 25.4. The van der Waals surface area contributed by atoms with Gasteiger partial charge in [-0.1, -0.05) is 18.2 Å². The van der Waals surface area contributed by atoms with Gasteiger partial charge in [0.25, 0.3) is 0 Å². The SMILES string of the molecule is COc1ccc(NC(=O)CN(Cc2ccccc2F)C(C)=O)c(OC)c1. The number of nitrogens with one attached hydrogen (secondary N) is 1. The molecule has 7 heteroatoms. The summed E-state index contributed by atoms with van der Waals surface area (Å²) in [5.41, 5.74) is 0.797. The Labute approximate surface area is 151 Å². The molecule has 0 heterocycles. The van der Waals surface area contributed by atoms with Crippen LogP contribution in [0.5, 0.6) is 11.5 Å². The lowest BCUT2D eigenvalue weighted by molar-refractivity contribution is -0.133. The number of amides is 2. The molecule has 1 N–H and O–H groups in total. The van der Waals surface area contributed by atoms with E-state index in [-0.39, 0.29) is 19.0 Å². The van der Waals surface area contributed by atoms with Gasteiger partial charge in [-0.2, -0.15) is 0 Å². The van der Waals surface area contributed by atoms with E-state index in [1.165, 1.54) is 32.1 Å². The minimum Gasteiger partial charge on any atom is -0.497 e. The highest BCUT2D eigenvalue weighted by atomic mass is 19.1. The van der Waals surface area contributed by atoms with Gasteiger partial charge >= 0.3 is 0 Å². The smallest absolute Gasteiger partial charge is 0.244 e. The van der Waals surface area contributed by atoms with Crippen molar-refractivity contribution in [2.45, 2.75) is 13.5 Å². The van der Waals surface area contributed by atoms with Crippen LogP contribution in [0.1, 0.15) is 12.5 Å². The monoisotopic (exact) mass is 360 g/mol. The molecule has 2 aromatic carbocycles. The molecule has 0 aliphatic rings. The predicted octanol–water partition coefficient (Wildman–Crippen LogP) is 2.83. The van der Waals surface area contributed by atoms with Gasteiger partial charge in [0.2, 0.25) is 11.8 Å². The van der Waals surface area contributed by atoms with Gasteiger partial charge in [-0.25, -0.2) is 4.39 Å². The zero-order chi connectivity index (χ0) is 19.1. The Morgan fingerprint density at radius 3 is 2.46 bits per heavy atom. The van der Waals surface area contributed by atoms with Crippen molar-refractivity contribution in [2.75, 3.05) is 26.1 Å². The minimum absolute atomic E-state index is 0.00910. The number of benzene rings is 2. The maximum absolute atomic E-state index is 13.8. The van der Waals surface area contributed by atoms with Gasteiger partial charge < -0.3 is 19.7 Å². The standard InChI is InChI=1S/C19H21FN2O4/c1-13(23)22(11-14-6-4-5-7-16(14)20)12-19(24)21-17-9-8-15(25-2)10-18(17)26-3/h4-10H,11-12H2,1-3H3,(H,21,24). The summed E-state index contributed by atoms with van der Waals surface area (Å²) in [6, 6.07) is 11.1. The fourth-order valence-corrected chi connectivity index (χ4v) is 2.38. The molecule has 2 amide bonds. The van der Waals surface area contributed by atoms with Gasteiger partial charge in [0.15, 0.2) is 0 Å². The summed E-state index contributed by atoms with van der Waals surface area (Å²) in [7, 11) is 3.00. The number of anilines is 1. The van der Waals surface area contributed by atoms with Gasteiger partial charge in [-0.15, -0.1) is 0 Å². The van der Waals surface area contributed by atoms with Crippen LogP contribution in [0, 0.1) is 5.82 Å². The zero-order valence-corrected chi connectivity index (χ0v) is 14.9. The molecular weight excluding hydrogens is 339 g/mol. The van der Waals surface area contributed by atoms with E-state index in [0.717, 1.165) is 0 Å². The van der Waals surface area contributed by atoms with Gasteiger partial charge in [0.05, 0.1) is 19.9 Å². The summed E-state index contributed by atoms with van der Waals surface area (Å²) in [6.07, 6.45) is 0. The molecule has 0 unspecified atom stereocenters. The second kappa shape index (κ2) is 8.84. The number of halogens is 1. The summed E-state index contributed by atoms with van der Waals surface area (Å²) in [6.45, 7) is 1.14. The van der Waals surface area contributed by atoms with Crippen LogP contribution in [0.15, 0.2) is 42.5 Å². The summed E-state index contributed by atoms with van der Waals surface area (Å²) >= 11 is 0. The fraction of sp³-hybridized carbons (Fsp3) is 0.263.